The van der Waals surface area contributed by atoms with Crippen LogP contribution < -0.4 is 0 Å². The number of likely N-dealkylation sites (tertiary alicyclic amines) is 1. The fourth-order valence-electron chi connectivity index (χ4n) is 2.92. The minimum absolute atomic E-state index is 0.199. The maximum atomic E-state index is 11.5. The van der Waals surface area contributed by atoms with E-state index in [4.69, 9.17) is 0 Å². The first-order valence-corrected chi connectivity index (χ1v) is 6.79. The van der Waals surface area contributed by atoms with Crippen LogP contribution >= 0.6 is 0 Å². The smallest absolute Gasteiger partial charge is 0.138 e. The zero-order valence-corrected chi connectivity index (χ0v) is 11.9. The number of benzene rings is 1. The van der Waals surface area contributed by atoms with Crippen LogP contribution in [0, 0.1) is 26.7 Å². The Morgan fingerprint density at radius 1 is 1.22 bits per heavy atom. The third-order valence-electron chi connectivity index (χ3n) is 3.98. The van der Waals surface area contributed by atoms with Gasteiger partial charge in [0.2, 0.25) is 0 Å². The van der Waals surface area contributed by atoms with Crippen LogP contribution in [-0.4, -0.2) is 23.8 Å². The zero-order chi connectivity index (χ0) is 13.3. The standard InChI is InChI=1S/C16H23NO/c1-11-7-12(2)15(13(3)8-11)10-17-6-5-16(18)14(4)9-17/h7-8,14H,5-6,9-10H2,1-4H3. The SMILES string of the molecule is Cc1cc(C)c(CN2CCC(=O)C(C)C2)c(C)c1. The highest BCUT2D eigenvalue weighted by molar-refractivity contribution is 5.81. The van der Waals surface area contributed by atoms with Crippen molar-refractivity contribution in [3.8, 4) is 0 Å². The van der Waals surface area contributed by atoms with Crippen molar-refractivity contribution in [3.63, 3.8) is 0 Å². The van der Waals surface area contributed by atoms with Gasteiger partial charge in [-0.1, -0.05) is 24.6 Å². The van der Waals surface area contributed by atoms with Crippen molar-refractivity contribution in [2.75, 3.05) is 13.1 Å². The Morgan fingerprint density at radius 2 is 1.83 bits per heavy atom. The van der Waals surface area contributed by atoms with E-state index in [2.05, 4.69) is 37.8 Å². The van der Waals surface area contributed by atoms with Crippen molar-refractivity contribution in [2.45, 2.75) is 40.7 Å². The number of hydrogen-bond acceptors (Lipinski definition) is 2. The number of carbonyl (C=O) groups excluding carboxylic acids is 1. The average Bonchev–Trinajstić information content (AvgIpc) is 2.28. The first kappa shape index (κ1) is 13.3. The van der Waals surface area contributed by atoms with Gasteiger partial charge in [-0.3, -0.25) is 9.69 Å². The molecule has 1 unspecified atom stereocenters. The molecule has 1 aromatic rings. The number of Topliss-reactive ketones (excluding diaryl/α,β-unsaturated/α-hetero) is 1. The van der Waals surface area contributed by atoms with Crippen molar-refractivity contribution >= 4 is 5.78 Å². The number of nitrogens with zero attached hydrogens (tertiary/aromatic N) is 1. The molecule has 1 atom stereocenters. The molecule has 0 amide bonds. The number of ketones is 1. The van der Waals surface area contributed by atoms with Crippen molar-refractivity contribution in [1.29, 1.82) is 0 Å². The normalized spacial score (nSPS) is 21.3. The lowest BCUT2D eigenvalue weighted by molar-refractivity contribution is -0.125. The van der Waals surface area contributed by atoms with E-state index in [-0.39, 0.29) is 5.92 Å². The second-order valence-corrected chi connectivity index (χ2v) is 5.73. The van der Waals surface area contributed by atoms with E-state index in [1.807, 2.05) is 6.92 Å². The summed E-state index contributed by atoms with van der Waals surface area (Å²) in [5, 5.41) is 0. The molecule has 0 radical (unpaired) electrons. The molecule has 2 nitrogen and oxygen atoms in total. The highest BCUT2D eigenvalue weighted by atomic mass is 16.1. The van der Waals surface area contributed by atoms with E-state index in [9.17, 15) is 4.79 Å². The number of piperidine rings is 1. The highest BCUT2D eigenvalue weighted by Crippen LogP contribution is 2.21. The fourth-order valence-corrected chi connectivity index (χ4v) is 2.92. The Morgan fingerprint density at radius 3 is 2.39 bits per heavy atom. The molecule has 18 heavy (non-hydrogen) atoms. The molecule has 1 heterocycles. The monoisotopic (exact) mass is 245 g/mol. The van der Waals surface area contributed by atoms with E-state index in [0.29, 0.717) is 12.2 Å². The number of carbonyl (C=O) groups is 1. The van der Waals surface area contributed by atoms with Crippen molar-refractivity contribution < 1.29 is 4.79 Å². The second kappa shape index (κ2) is 5.23. The van der Waals surface area contributed by atoms with Gasteiger partial charge in [0.15, 0.2) is 0 Å². The van der Waals surface area contributed by atoms with Gasteiger partial charge in [0, 0.05) is 32.0 Å². The summed E-state index contributed by atoms with van der Waals surface area (Å²) in [6.07, 6.45) is 0.713. The predicted octanol–water partition coefficient (Wildman–Crippen LogP) is 3.02. The number of aryl methyl sites for hydroxylation is 3. The lowest BCUT2D eigenvalue weighted by Gasteiger charge is -2.31. The zero-order valence-electron chi connectivity index (χ0n) is 11.9. The fraction of sp³-hybridized carbons (Fsp3) is 0.562. The van der Waals surface area contributed by atoms with Crippen LogP contribution in [-0.2, 0) is 11.3 Å². The Labute approximate surface area is 110 Å². The molecule has 2 heteroatoms. The molecule has 1 aromatic carbocycles. The minimum atomic E-state index is 0.199. The topological polar surface area (TPSA) is 20.3 Å². The summed E-state index contributed by atoms with van der Waals surface area (Å²) >= 11 is 0. The molecule has 1 aliphatic rings. The minimum Gasteiger partial charge on any atom is -0.299 e. The Hall–Kier alpha value is -1.15. The van der Waals surface area contributed by atoms with Crippen LogP contribution in [0.3, 0.4) is 0 Å². The van der Waals surface area contributed by atoms with Gasteiger partial charge in [0.25, 0.3) is 0 Å². The van der Waals surface area contributed by atoms with Gasteiger partial charge < -0.3 is 0 Å². The summed E-state index contributed by atoms with van der Waals surface area (Å²) in [6.45, 7) is 11.4. The Bertz CT molecular complexity index is 441. The molecular formula is C16H23NO. The van der Waals surface area contributed by atoms with Crippen molar-refractivity contribution in [1.82, 2.24) is 4.90 Å². The molecule has 0 N–H and O–H groups in total. The molecule has 1 aliphatic heterocycles. The van der Waals surface area contributed by atoms with E-state index < -0.39 is 0 Å². The molecule has 2 rings (SSSR count). The maximum Gasteiger partial charge on any atom is 0.138 e. The Balaban J connectivity index is 2.13. The largest absolute Gasteiger partial charge is 0.299 e. The molecule has 0 bridgehead atoms. The van der Waals surface area contributed by atoms with Gasteiger partial charge in [0.1, 0.15) is 5.78 Å². The van der Waals surface area contributed by atoms with E-state index in [0.717, 1.165) is 19.6 Å². The summed E-state index contributed by atoms with van der Waals surface area (Å²) < 4.78 is 0. The van der Waals surface area contributed by atoms with Gasteiger partial charge in [-0.15, -0.1) is 0 Å². The van der Waals surface area contributed by atoms with E-state index in [1.54, 1.807) is 0 Å². The van der Waals surface area contributed by atoms with E-state index >= 15 is 0 Å². The van der Waals surface area contributed by atoms with Gasteiger partial charge in [-0.2, -0.15) is 0 Å². The molecule has 0 spiro atoms. The summed E-state index contributed by atoms with van der Waals surface area (Å²) in [5.74, 6) is 0.619. The predicted molar refractivity (Wildman–Crippen MR) is 74.7 cm³/mol. The summed E-state index contributed by atoms with van der Waals surface area (Å²) in [7, 11) is 0. The van der Waals surface area contributed by atoms with Gasteiger partial charge >= 0.3 is 0 Å². The van der Waals surface area contributed by atoms with Crippen LogP contribution in [0.1, 0.15) is 35.6 Å². The summed E-state index contributed by atoms with van der Waals surface area (Å²) in [5.41, 5.74) is 5.51. The molecule has 0 aliphatic carbocycles. The maximum absolute atomic E-state index is 11.5. The Kier molecular flexibility index (Phi) is 3.86. The third kappa shape index (κ3) is 2.81. The number of hydrogen-bond donors (Lipinski definition) is 0. The molecule has 1 saturated heterocycles. The summed E-state index contributed by atoms with van der Waals surface area (Å²) in [6, 6.07) is 4.50. The van der Waals surface area contributed by atoms with Gasteiger partial charge in [0.05, 0.1) is 0 Å². The van der Waals surface area contributed by atoms with Crippen molar-refractivity contribution in [2.24, 2.45) is 5.92 Å². The molecule has 0 aromatic heterocycles. The summed E-state index contributed by atoms with van der Waals surface area (Å²) in [4.78, 5) is 14.0. The van der Waals surface area contributed by atoms with Crippen LogP contribution in [0.4, 0.5) is 0 Å². The van der Waals surface area contributed by atoms with Gasteiger partial charge in [-0.05, 0) is 37.5 Å². The van der Waals surface area contributed by atoms with Crippen LogP contribution in [0.5, 0.6) is 0 Å². The van der Waals surface area contributed by atoms with Gasteiger partial charge in [-0.25, -0.2) is 0 Å². The molecule has 1 fully saturated rings. The molecule has 0 saturated carbocycles. The second-order valence-electron chi connectivity index (χ2n) is 5.73. The molecule has 98 valence electrons. The first-order chi connectivity index (χ1) is 8.47. The van der Waals surface area contributed by atoms with E-state index in [1.165, 1.54) is 22.3 Å². The number of rotatable bonds is 2. The lowest BCUT2D eigenvalue weighted by Crippen LogP contribution is -2.39. The van der Waals surface area contributed by atoms with Crippen molar-refractivity contribution in [3.05, 3.63) is 34.4 Å². The average molecular weight is 245 g/mol. The first-order valence-electron chi connectivity index (χ1n) is 6.79. The highest BCUT2D eigenvalue weighted by Gasteiger charge is 2.23. The van der Waals surface area contributed by atoms with Crippen LogP contribution in [0.25, 0.3) is 0 Å². The quantitative estimate of drug-likeness (QED) is 0.798. The third-order valence-corrected chi connectivity index (χ3v) is 3.98. The van der Waals surface area contributed by atoms with Crippen LogP contribution in [0.15, 0.2) is 12.1 Å². The lowest BCUT2D eigenvalue weighted by atomic mass is 9.95. The molecular weight excluding hydrogens is 222 g/mol. The van der Waals surface area contributed by atoms with Crippen LogP contribution in [0.2, 0.25) is 0 Å².